The van der Waals surface area contributed by atoms with Crippen molar-refractivity contribution in [3.8, 4) is 22.6 Å². The van der Waals surface area contributed by atoms with Crippen LogP contribution in [0, 0.1) is 13.8 Å². The van der Waals surface area contributed by atoms with Crippen LogP contribution in [0.1, 0.15) is 11.1 Å². The Hall–Kier alpha value is -2.88. The average Bonchev–Trinajstić information content (AvgIpc) is 2.91. The Morgan fingerprint density at radius 2 is 1.52 bits per heavy atom. The Balaban J connectivity index is 2.09. The van der Waals surface area contributed by atoms with Crippen molar-refractivity contribution >= 4 is 35.1 Å². The number of benzene rings is 3. The van der Waals surface area contributed by atoms with Crippen molar-refractivity contribution in [2.75, 3.05) is 0 Å². The predicted octanol–water partition coefficient (Wildman–Crippen LogP) is 3.82. The van der Waals surface area contributed by atoms with Gasteiger partial charge in [-0.15, -0.1) is 0 Å². The molecule has 3 nitrogen and oxygen atoms in total. The lowest BCUT2D eigenvalue weighted by atomic mass is 9.83. The van der Waals surface area contributed by atoms with E-state index in [-0.39, 0.29) is 11.5 Å². The molecule has 0 saturated heterocycles. The van der Waals surface area contributed by atoms with Gasteiger partial charge in [-0.1, -0.05) is 29.7 Å². The first kappa shape index (κ1) is 15.6. The van der Waals surface area contributed by atoms with Crippen molar-refractivity contribution in [1.29, 1.82) is 0 Å². The normalized spacial score (nSPS) is 11.5. The maximum atomic E-state index is 10.6. The second-order valence-electron chi connectivity index (χ2n) is 6.54. The number of nitrogens with zero attached hydrogens (tertiary/aromatic N) is 1. The average molecular weight is 327 g/mol. The summed E-state index contributed by atoms with van der Waals surface area (Å²) in [5, 5.41) is 23.4. The lowest BCUT2D eigenvalue weighted by Crippen LogP contribution is -2.11. The molecule has 0 aliphatic rings. The summed E-state index contributed by atoms with van der Waals surface area (Å²) >= 11 is 0. The molecule has 4 rings (SSSR count). The smallest absolute Gasteiger partial charge is 0.130 e. The molecule has 2 radical (unpaired) electrons. The zero-order chi connectivity index (χ0) is 17.9. The third-order valence-corrected chi connectivity index (χ3v) is 5.25. The number of aromatic hydroxyl groups is 2. The fraction of sp³-hybridized carbons (Fsp3) is 0.143. The molecule has 2 N–H and O–H groups in total. The number of fused-ring (bicyclic) bond motifs is 3. The minimum Gasteiger partial charge on any atom is -0.508 e. The fourth-order valence-corrected chi connectivity index (χ4v) is 3.59. The van der Waals surface area contributed by atoms with Gasteiger partial charge in [-0.25, -0.2) is 0 Å². The summed E-state index contributed by atoms with van der Waals surface area (Å²) < 4.78 is 2.14. The standard InChI is InChI=1S/C21H18BNO2/c1-11-12(2)20(24)18(21(25)19(11)22)13-8-9-17-15(10-13)14-6-4-5-7-16(14)23(17)3/h4-10,24-25H,1-3H3. The molecule has 0 fully saturated rings. The molecule has 3 aromatic carbocycles. The van der Waals surface area contributed by atoms with Crippen LogP contribution in [-0.2, 0) is 7.05 Å². The van der Waals surface area contributed by atoms with Gasteiger partial charge in [-0.05, 0) is 48.7 Å². The highest BCUT2D eigenvalue weighted by atomic mass is 16.3. The van der Waals surface area contributed by atoms with E-state index in [9.17, 15) is 10.2 Å². The van der Waals surface area contributed by atoms with Crippen LogP contribution in [0.15, 0.2) is 42.5 Å². The number of phenolic OH excluding ortho intramolecular Hbond substituents is 2. The van der Waals surface area contributed by atoms with E-state index in [1.807, 2.05) is 37.4 Å². The van der Waals surface area contributed by atoms with Crippen molar-refractivity contribution in [2.45, 2.75) is 13.8 Å². The van der Waals surface area contributed by atoms with Crippen LogP contribution in [0.2, 0.25) is 0 Å². The molecule has 0 aliphatic carbocycles. The summed E-state index contributed by atoms with van der Waals surface area (Å²) in [5.74, 6) is 0.00368. The highest BCUT2D eigenvalue weighted by Gasteiger charge is 2.19. The van der Waals surface area contributed by atoms with Crippen LogP contribution in [-0.4, -0.2) is 22.6 Å². The van der Waals surface area contributed by atoms with Gasteiger partial charge in [0.1, 0.15) is 19.3 Å². The van der Waals surface area contributed by atoms with E-state index in [4.69, 9.17) is 7.85 Å². The Kier molecular flexibility index (Phi) is 3.32. The number of rotatable bonds is 1. The monoisotopic (exact) mass is 327 g/mol. The Morgan fingerprint density at radius 3 is 2.28 bits per heavy atom. The van der Waals surface area contributed by atoms with Crippen molar-refractivity contribution in [3.05, 3.63) is 53.6 Å². The van der Waals surface area contributed by atoms with E-state index in [0.29, 0.717) is 22.2 Å². The number of aryl methyl sites for hydroxylation is 1. The number of phenols is 2. The van der Waals surface area contributed by atoms with E-state index in [1.165, 1.54) is 0 Å². The van der Waals surface area contributed by atoms with Crippen LogP contribution in [0.3, 0.4) is 0 Å². The van der Waals surface area contributed by atoms with E-state index >= 15 is 0 Å². The zero-order valence-electron chi connectivity index (χ0n) is 14.5. The van der Waals surface area contributed by atoms with Gasteiger partial charge in [0.25, 0.3) is 0 Å². The number of hydrogen-bond donors (Lipinski definition) is 2. The molecule has 4 heteroatoms. The quantitative estimate of drug-likeness (QED) is 0.522. The Morgan fingerprint density at radius 1 is 0.840 bits per heavy atom. The van der Waals surface area contributed by atoms with Crippen molar-refractivity contribution in [3.63, 3.8) is 0 Å². The van der Waals surface area contributed by atoms with E-state index < -0.39 is 0 Å². The first-order chi connectivity index (χ1) is 11.9. The van der Waals surface area contributed by atoms with Gasteiger partial charge < -0.3 is 14.8 Å². The molecule has 0 amide bonds. The van der Waals surface area contributed by atoms with Crippen LogP contribution in [0.5, 0.6) is 11.5 Å². The molecule has 1 aromatic heterocycles. The van der Waals surface area contributed by atoms with Gasteiger partial charge in [-0.3, -0.25) is 0 Å². The first-order valence-electron chi connectivity index (χ1n) is 8.20. The summed E-state index contributed by atoms with van der Waals surface area (Å²) in [6.45, 7) is 3.60. The van der Waals surface area contributed by atoms with Gasteiger partial charge in [0, 0.05) is 28.9 Å². The van der Waals surface area contributed by atoms with Crippen molar-refractivity contribution in [2.24, 2.45) is 7.05 Å². The Labute approximate surface area is 147 Å². The van der Waals surface area contributed by atoms with E-state index in [2.05, 4.69) is 16.7 Å². The number of hydrogen-bond acceptors (Lipinski definition) is 2. The van der Waals surface area contributed by atoms with E-state index in [0.717, 1.165) is 27.4 Å². The molecular weight excluding hydrogens is 309 g/mol. The SMILES string of the molecule is [B]c1c(C)c(C)c(O)c(-c2ccc3c(c2)c2ccccc2n3C)c1O. The van der Waals surface area contributed by atoms with Gasteiger partial charge in [-0.2, -0.15) is 0 Å². The van der Waals surface area contributed by atoms with Crippen molar-refractivity contribution < 1.29 is 10.2 Å². The highest BCUT2D eigenvalue weighted by Crippen LogP contribution is 2.41. The second kappa shape index (κ2) is 5.31. The number of aromatic nitrogens is 1. The maximum Gasteiger partial charge on any atom is 0.130 e. The van der Waals surface area contributed by atoms with Gasteiger partial charge in [0.2, 0.25) is 0 Å². The fourth-order valence-electron chi connectivity index (χ4n) is 3.59. The van der Waals surface area contributed by atoms with Crippen LogP contribution >= 0.6 is 0 Å². The Bertz CT molecular complexity index is 1130. The minimum atomic E-state index is -0.0693. The van der Waals surface area contributed by atoms with Crippen LogP contribution in [0.25, 0.3) is 32.9 Å². The molecular formula is C21H18BNO2. The molecule has 0 bridgehead atoms. The van der Waals surface area contributed by atoms with Crippen LogP contribution < -0.4 is 5.46 Å². The first-order valence-corrected chi connectivity index (χ1v) is 8.20. The van der Waals surface area contributed by atoms with E-state index in [1.54, 1.807) is 13.8 Å². The predicted molar refractivity (Wildman–Crippen MR) is 104 cm³/mol. The highest BCUT2D eigenvalue weighted by molar-refractivity contribution is 6.36. The minimum absolute atomic E-state index is 0.0693. The molecule has 25 heavy (non-hydrogen) atoms. The second-order valence-corrected chi connectivity index (χ2v) is 6.54. The third-order valence-electron chi connectivity index (χ3n) is 5.25. The molecule has 0 saturated carbocycles. The molecule has 0 spiro atoms. The lowest BCUT2D eigenvalue weighted by molar-refractivity contribution is 0.453. The topological polar surface area (TPSA) is 45.4 Å². The van der Waals surface area contributed by atoms with Gasteiger partial charge in [0.15, 0.2) is 0 Å². The van der Waals surface area contributed by atoms with Crippen LogP contribution in [0.4, 0.5) is 0 Å². The third kappa shape index (κ3) is 2.07. The van der Waals surface area contributed by atoms with Gasteiger partial charge >= 0.3 is 0 Å². The molecule has 0 aliphatic heterocycles. The summed E-state index contributed by atoms with van der Waals surface area (Å²) in [7, 11) is 8.07. The summed E-state index contributed by atoms with van der Waals surface area (Å²) in [5.41, 5.74) is 5.06. The molecule has 1 heterocycles. The lowest BCUT2D eigenvalue weighted by Gasteiger charge is -2.16. The zero-order valence-corrected chi connectivity index (χ0v) is 14.5. The molecule has 0 atom stereocenters. The summed E-state index contributed by atoms with van der Waals surface area (Å²) in [6.07, 6.45) is 0. The molecule has 122 valence electrons. The van der Waals surface area contributed by atoms with Gasteiger partial charge in [0.05, 0.1) is 5.56 Å². The largest absolute Gasteiger partial charge is 0.508 e. The summed E-state index contributed by atoms with van der Waals surface area (Å²) in [6, 6.07) is 14.1. The van der Waals surface area contributed by atoms with Crippen molar-refractivity contribution in [1.82, 2.24) is 4.57 Å². The molecule has 0 unspecified atom stereocenters. The number of para-hydroxylation sites is 1. The summed E-state index contributed by atoms with van der Waals surface area (Å²) in [4.78, 5) is 0. The maximum absolute atomic E-state index is 10.6. The molecule has 4 aromatic rings.